The van der Waals surface area contributed by atoms with Crippen LogP contribution in [0, 0.1) is 11.2 Å². The number of fused-ring (bicyclic) bond motifs is 1. The second kappa shape index (κ2) is 7.10. The van der Waals surface area contributed by atoms with Gasteiger partial charge in [0.05, 0.1) is 5.69 Å². The monoisotopic (exact) mass is 394 g/mol. The molecule has 1 amide bonds. The molecule has 1 aliphatic heterocycles. The van der Waals surface area contributed by atoms with Crippen LogP contribution in [0.4, 0.5) is 15.8 Å². The second-order valence-corrected chi connectivity index (χ2v) is 7.81. The third kappa shape index (κ3) is 4.33. The van der Waals surface area contributed by atoms with E-state index in [0.29, 0.717) is 4.80 Å². The smallest absolute Gasteiger partial charge is 0.341 e. The molecule has 0 spiro atoms. The highest BCUT2D eigenvalue weighted by molar-refractivity contribution is 7.02. The lowest BCUT2D eigenvalue weighted by atomic mass is 9.92. The number of nitrogens with zero attached hydrogens (tertiary/aromatic N) is 3. The van der Waals surface area contributed by atoms with Crippen LogP contribution in [0.25, 0.3) is 0 Å². The SMILES string of the molecule is CC(=O)Nc1cc(N=c2snc3n2CC(C)(C)C3)c(F)cc1OCC(=O)O. The molecule has 0 radical (unpaired) electrons. The molecule has 1 aliphatic rings. The van der Waals surface area contributed by atoms with Crippen LogP contribution in [-0.2, 0) is 22.6 Å². The molecule has 0 atom stereocenters. The van der Waals surface area contributed by atoms with Gasteiger partial charge in [-0.15, -0.1) is 0 Å². The van der Waals surface area contributed by atoms with Crippen molar-refractivity contribution >= 4 is 34.8 Å². The maximum absolute atomic E-state index is 14.5. The minimum Gasteiger partial charge on any atom is -0.480 e. The van der Waals surface area contributed by atoms with Gasteiger partial charge >= 0.3 is 5.97 Å². The first-order valence-corrected chi connectivity index (χ1v) is 8.98. The van der Waals surface area contributed by atoms with Gasteiger partial charge in [0, 0.05) is 37.5 Å². The Morgan fingerprint density at radius 3 is 2.89 bits per heavy atom. The summed E-state index contributed by atoms with van der Waals surface area (Å²) < 4.78 is 25.9. The van der Waals surface area contributed by atoms with E-state index >= 15 is 0 Å². The first-order valence-electron chi connectivity index (χ1n) is 8.20. The van der Waals surface area contributed by atoms with Gasteiger partial charge in [0.15, 0.2) is 12.4 Å². The van der Waals surface area contributed by atoms with Crippen molar-refractivity contribution in [2.45, 2.75) is 33.7 Å². The summed E-state index contributed by atoms with van der Waals surface area (Å²) in [4.78, 5) is 27.0. The zero-order valence-corrected chi connectivity index (χ0v) is 15.9. The second-order valence-electron chi connectivity index (χ2n) is 7.08. The number of aromatic nitrogens is 2. The van der Waals surface area contributed by atoms with Gasteiger partial charge in [-0.05, 0) is 11.5 Å². The minimum atomic E-state index is -1.21. The molecule has 3 rings (SSSR count). The highest BCUT2D eigenvalue weighted by Crippen LogP contribution is 2.33. The van der Waals surface area contributed by atoms with Crippen LogP contribution in [0.3, 0.4) is 0 Å². The van der Waals surface area contributed by atoms with Crippen LogP contribution in [0.2, 0.25) is 0 Å². The first-order chi connectivity index (χ1) is 12.6. The van der Waals surface area contributed by atoms with E-state index < -0.39 is 24.3 Å². The number of benzene rings is 1. The molecule has 0 unspecified atom stereocenters. The molecule has 2 aromatic rings. The van der Waals surface area contributed by atoms with Gasteiger partial charge in [-0.25, -0.2) is 14.2 Å². The maximum Gasteiger partial charge on any atom is 0.341 e. The molecule has 0 fully saturated rings. The molecule has 1 aromatic heterocycles. The van der Waals surface area contributed by atoms with Gasteiger partial charge in [-0.3, -0.25) is 4.79 Å². The van der Waals surface area contributed by atoms with Crippen LogP contribution in [0.5, 0.6) is 5.75 Å². The number of hydrogen-bond acceptors (Lipinski definition) is 6. The zero-order valence-electron chi connectivity index (χ0n) is 15.1. The van der Waals surface area contributed by atoms with Crippen molar-refractivity contribution in [2.24, 2.45) is 10.4 Å². The highest BCUT2D eigenvalue weighted by Gasteiger charge is 2.30. The van der Waals surface area contributed by atoms with Crippen LogP contribution in [0.1, 0.15) is 26.6 Å². The van der Waals surface area contributed by atoms with Crippen molar-refractivity contribution in [1.29, 1.82) is 0 Å². The van der Waals surface area contributed by atoms with Crippen molar-refractivity contribution in [2.75, 3.05) is 11.9 Å². The van der Waals surface area contributed by atoms with E-state index in [1.165, 1.54) is 24.5 Å². The Labute approximate surface area is 158 Å². The van der Waals surface area contributed by atoms with Gasteiger partial charge in [0.2, 0.25) is 10.7 Å². The van der Waals surface area contributed by atoms with Crippen LogP contribution >= 0.6 is 11.5 Å². The lowest BCUT2D eigenvalue weighted by Crippen LogP contribution is -2.19. The van der Waals surface area contributed by atoms with Gasteiger partial charge in [-0.2, -0.15) is 4.37 Å². The van der Waals surface area contributed by atoms with Crippen molar-refractivity contribution in [1.82, 2.24) is 8.94 Å². The summed E-state index contributed by atoms with van der Waals surface area (Å²) in [6, 6.07) is 2.34. The summed E-state index contributed by atoms with van der Waals surface area (Å²) in [5.41, 5.74) is 0.218. The van der Waals surface area contributed by atoms with Crippen molar-refractivity contribution < 1.29 is 23.8 Å². The van der Waals surface area contributed by atoms with E-state index in [-0.39, 0.29) is 22.5 Å². The Morgan fingerprint density at radius 1 is 1.48 bits per heavy atom. The largest absolute Gasteiger partial charge is 0.480 e. The Balaban J connectivity index is 2.02. The van der Waals surface area contributed by atoms with Crippen LogP contribution in [0.15, 0.2) is 17.1 Å². The van der Waals surface area contributed by atoms with Gasteiger partial charge in [-0.1, -0.05) is 13.8 Å². The number of aliphatic carboxylic acids is 1. The average Bonchev–Trinajstić information content (AvgIpc) is 3.04. The Morgan fingerprint density at radius 2 is 2.22 bits per heavy atom. The molecular weight excluding hydrogens is 375 g/mol. The fraction of sp³-hybridized carbons (Fsp3) is 0.412. The normalized spacial score (nSPS) is 15.5. The predicted molar refractivity (Wildman–Crippen MR) is 96.6 cm³/mol. The first kappa shape index (κ1) is 19.0. The molecule has 2 N–H and O–H groups in total. The molecule has 0 saturated carbocycles. The standard InChI is InChI=1S/C17H19FN4O4S/c1-9(23)19-12-5-11(10(18)4-13(12)26-7-15(24)25)20-16-22-8-17(2,3)6-14(22)21-27-16/h4-5H,6-8H2,1-3H3,(H,19,23)(H,24,25). The molecule has 8 nitrogen and oxygen atoms in total. The number of carbonyl (C=O) groups is 2. The number of carboxylic acids is 1. The summed E-state index contributed by atoms with van der Waals surface area (Å²) in [5, 5.41) is 11.2. The Kier molecular flexibility index (Phi) is 5.01. The van der Waals surface area contributed by atoms with E-state index in [4.69, 9.17) is 9.84 Å². The van der Waals surface area contributed by atoms with Crippen molar-refractivity contribution in [3.8, 4) is 5.75 Å². The van der Waals surface area contributed by atoms with Crippen molar-refractivity contribution in [3.05, 3.63) is 28.6 Å². The fourth-order valence-corrected chi connectivity index (χ4v) is 3.62. The fourth-order valence-electron chi connectivity index (χ4n) is 2.86. The topological polar surface area (TPSA) is 106 Å². The van der Waals surface area contributed by atoms with Gasteiger partial charge in [0.1, 0.15) is 17.3 Å². The number of carboxylic acid groups (broad SMARTS) is 1. The lowest BCUT2D eigenvalue weighted by molar-refractivity contribution is -0.139. The number of ether oxygens (including phenoxy) is 1. The Bertz CT molecular complexity index is 980. The number of nitrogens with one attached hydrogen (secondary N) is 1. The molecule has 0 bridgehead atoms. The molecule has 2 heterocycles. The zero-order chi connectivity index (χ0) is 19.8. The summed E-state index contributed by atoms with van der Waals surface area (Å²) in [5.74, 6) is -1.47. The molecule has 0 aliphatic carbocycles. The van der Waals surface area contributed by atoms with E-state index in [1.807, 2.05) is 4.57 Å². The average molecular weight is 394 g/mol. The van der Waals surface area contributed by atoms with Gasteiger partial charge < -0.3 is 19.7 Å². The molecule has 0 saturated heterocycles. The van der Waals surface area contributed by atoms with Gasteiger partial charge in [0.25, 0.3) is 0 Å². The number of anilines is 1. The summed E-state index contributed by atoms with van der Waals surface area (Å²) in [7, 11) is 0. The number of amides is 1. The summed E-state index contributed by atoms with van der Waals surface area (Å²) >= 11 is 1.18. The molecular formula is C17H19FN4O4S. The number of carbonyl (C=O) groups excluding carboxylic acids is 1. The van der Waals surface area contributed by atoms with E-state index in [1.54, 1.807) is 0 Å². The van der Waals surface area contributed by atoms with Crippen LogP contribution in [-0.4, -0.2) is 32.5 Å². The maximum atomic E-state index is 14.5. The van der Waals surface area contributed by atoms with Crippen LogP contribution < -0.4 is 14.9 Å². The third-order valence-corrected chi connectivity index (χ3v) is 4.70. The molecule has 10 heteroatoms. The highest BCUT2D eigenvalue weighted by atomic mass is 32.1. The third-order valence-electron chi connectivity index (χ3n) is 3.92. The molecule has 144 valence electrons. The Hall–Kier alpha value is -2.75. The van der Waals surface area contributed by atoms with E-state index in [0.717, 1.165) is 24.9 Å². The number of rotatable bonds is 5. The number of halogens is 1. The predicted octanol–water partition coefficient (Wildman–Crippen LogP) is 2.32. The number of hydrogen-bond donors (Lipinski definition) is 2. The minimum absolute atomic E-state index is 0.00470. The van der Waals surface area contributed by atoms with E-state index in [9.17, 15) is 14.0 Å². The lowest BCUT2D eigenvalue weighted by Gasteiger charge is -2.14. The summed E-state index contributed by atoms with van der Waals surface area (Å²) in [6.45, 7) is 5.61. The molecule has 1 aromatic carbocycles. The quantitative estimate of drug-likeness (QED) is 0.810. The summed E-state index contributed by atoms with van der Waals surface area (Å²) in [6.07, 6.45) is 0.820. The molecule has 27 heavy (non-hydrogen) atoms. The van der Waals surface area contributed by atoms with E-state index in [2.05, 4.69) is 28.5 Å². The van der Waals surface area contributed by atoms with Crippen molar-refractivity contribution in [3.63, 3.8) is 0 Å².